The summed E-state index contributed by atoms with van der Waals surface area (Å²) in [6.07, 6.45) is 5.27. The van der Waals surface area contributed by atoms with Gasteiger partial charge in [0.25, 0.3) is 0 Å². The highest BCUT2D eigenvalue weighted by Gasteiger charge is 2.30. The molecule has 4 nitrogen and oxygen atoms in total. The highest BCUT2D eigenvalue weighted by atomic mass is 32.2. The molecular weight excluding hydrogens is 188 g/mol. The van der Waals surface area contributed by atoms with E-state index in [2.05, 4.69) is 5.32 Å². The highest BCUT2D eigenvalue weighted by molar-refractivity contribution is 7.89. The third-order valence-corrected chi connectivity index (χ3v) is 4.22. The second kappa shape index (κ2) is 3.31. The Morgan fingerprint density at radius 3 is 2.54 bits per heavy atom. The second-order valence-electron chi connectivity index (χ2n) is 3.47. The van der Waals surface area contributed by atoms with Gasteiger partial charge in [-0.25, -0.2) is 8.42 Å². The van der Waals surface area contributed by atoms with Crippen molar-refractivity contribution in [2.24, 2.45) is 0 Å². The van der Waals surface area contributed by atoms with Gasteiger partial charge in [-0.3, -0.25) is 4.31 Å². The van der Waals surface area contributed by atoms with Crippen molar-refractivity contribution in [3.8, 4) is 0 Å². The minimum absolute atomic E-state index is 0.178. The van der Waals surface area contributed by atoms with E-state index in [1.54, 1.807) is 12.3 Å². The molecule has 0 aromatic rings. The summed E-state index contributed by atoms with van der Waals surface area (Å²) in [5.74, 6) is 0.178. The van der Waals surface area contributed by atoms with Crippen LogP contribution in [0.3, 0.4) is 0 Å². The Labute approximate surface area is 78.7 Å². The zero-order valence-corrected chi connectivity index (χ0v) is 8.26. The lowest BCUT2D eigenvalue weighted by molar-refractivity contribution is 0.321. The molecule has 2 heterocycles. The van der Waals surface area contributed by atoms with E-state index in [0.29, 0.717) is 0 Å². The number of hydrogen-bond donors (Lipinski definition) is 1. The van der Waals surface area contributed by atoms with Crippen molar-refractivity contribution in [3.63, 3.8) is 0 Å². The van der Waals surface area contributed by atoms with Gasteiger partial charge in [-0.15, -0.1) is 0 Å². The average Bonchev–Trinajstić information content (AvgIpc) is 2.47. The maximum atomic E-state index is 11.5. The van der Waals surface area contributed by atoms with Crippen LogP contribution in [0.5, 0.6) is 0 Å². The fourth-order valence-corrected chi connectivity index (χ4v) is 3.30. The molecule has 1 N–H and O–H groups in total. The summed E-state index contributed by atoms with van der Waals surface area (Å²) in [5, 5.41) is 3.22. The molecule has 0 unspecified atom stereocenters. The van der Waals surface area contributed by atoms with Gasteiger partial charge in [-0.1, -0.05) is 6.08 Å². The van der Waals surface area contributed by atoms with Crippen LogP contribution < -0.4 is 5.32 Å². The van der Waals surface area contributed by atoms with Crippen LogP contribution in [-0.2, 0) is 10.0 Å². The summed E-state index contributed by atoms with van der Waals surface area (Å²) in [6, 6.07) is 0.185. The number of piperidine rings is 1. The predicted octanol–water partition coefficient (Wildman–Crippen LogP) is -0.102. The minimum Gasteiger partial charge on any atom is -0.317 e. The van der Waals surface area contributed by atoms with Gasteiger partial charge in [0.15, 0.2) is 0 Å². The topological polar surface area (TPSA) is 49.4 Å². The Balaban J connectivity index is 2.11. The van der Waals surface area contributed by atoms with Crippen molar-refractivity contribution in [2.45, 2.75) is 18.9 Å². The van der Waals surface area contributed by atoms with Crippen LogP contribution in [0.25, 0.3) is 0 Å². The smallest absolute Gasteiger partial charge is 0.238 e. The molecule has 1 saturated heterocycles. The van der Waals surface area contributed by atoms with Gasteiger partial charge in [0.1, 0.15) is 0 Å². The lowest BCUT2D eigenvalue weighted by Crippen LogP contribution is -2.42. The Kier molecular flexibility index (Phi) is 2.29. The molecule has 0 spiro atoms. The normalized spacial score (nSPS) is 28.2. The number of nitrogens with zero attached hydrogens (tertiary/aromatic N) is 1. The molecule has 74 valence electrons. The molecule has 2 rings (SSSR count). The summed E-state index contributed by atoms with van der Waals surface area (Å²) in [7, 11) is -2.99. The molecule has 1 fully saturated rings. The van der Waals surface area contributed by atoms with E-state index in [0.717, 1.165) is 25.9 Å². The van der Waals surface area contributed by atoms with Crippen molar-refractivity contribution in [3.05, 3.63) is 12.3 Å². The van der Waals surface area contributed by atoms with Crippen molar-refractivity contribution in [2.75, 3.05) is 18.8 Å². The van der Waals surface area contributed by atoms with Gasteiger partial charge in [-0.05, 0) is 25.9 Å². The number of nitrogens with one attached hydrogen (secondary N) is 1. The fourth-order valence-electron chi connectivity index (χ4n) is 1.86. The molecule has 2 aliphatic heterocycles. The van der Waals surface area contributed by atoms with Crippen LogP contribution in [0.1, 0.15) is 12.8 Å². The summed E-state index contributed by atoms with van der Waals surface area (Å²) < 4.78 is 24.5. The monoisotopic (exact) mass is 202 g/mol. The Morgan fingerprint density at radius 1 is 1.31 bits per heavy atom. The van der Waals surface area contributed by atoms with E-state index in [-0.39, 0.29) is 11.8 Å². The van der Waals surface area contributed by atoms with Crippen molar-refractivity contribution < 1.29 is 8.42 Å². The van der Waals surface area contributed by atoms with Gasteiger partial charge in [0.2, 0.25) is 10.0 Å². The van der Waals surface area contributed by atoms with E-state index in [1.165, 1.54) is 4.31 Å². The van der Waals surface area contributed by atoms with Crippen LogP contribution in [0.4, 0.5) is 0 Å². The first-order valence-corrected chi connectivity index (χ1v) is 6.20. The van der Waals surface area contributed by atoms with Crippen molar-refractivity contribution in [1.82, 2.24) is 9.62 Å². The Bertz CT molecular complexity index is 304. The van der Waals surface area contributed by atoms with Gasteiger partial charge < -0.3 is 5.32 Å². The molecule has 5 heteroatoms. The molecule has 0 aromatic heterocycles. The third-order valence-electron chi connectivity index (χ3n) is 2.55. The van der Waals surface area contributed by atoms with Gasteiger partial charge >= 0.3 is 0 Å². The van der Waals surface area contributed by atoms with Crippen LogP contribution in [0.2, 0.25) is 0 Å². The molecule has 0 aromatic carbocycles. The molecule has 0 radical (unpaired) electrons. The summed E-state index contributed by atoms with van der Waals surface area (Å²) in [6.45, 7) is 1.84. The maximum absolute atomic E-state index is 11.5. The Morgan fingerprint density at radius 2 is 2.00 bits per heavy atom. The molecular formula is C8H14N2O2S. The fraction of sp³-hybridized carbons (Fsp3) is 0.750. The first kappa shape index (κ1) is 9.02. The predicted molar refractivity (Wildman–Crippen MR) is 50.7 cm³/mol. The molecule has 13 heavy (non-hydrogen) atoms. The van der Waals surface area contributed by atoms with Crippen molar-refractivity contribution in [1.29, 1.82) is 0 Å². The highest BCUT2D eigenvalue weighted by Crippen LogP contribution is 2.20. The first-order valence-electron chi connectivity index (χ1n) is 4.59. The molecule has 0 aliphatic carbocycles. The average molecular weight is 202 g/mol. The second-order valence-corrected chi connectivity index (χ2v) is 5.39. The van der Waals surface area contributed by atoms with E-state index in [4.69, 9.17) is 0 Å². The van der Waals surface area contributed by atoms with E-state index < -0.39 is 10.0 Å². The molecule has 2 aliphatic rings. The number of sulfonamides is 1. The summed E-state index contributed by atoms with van der Waals surface area (Å²) in [4.78, 5) is 0. The van der Waals surface area contributed by atoms with Crippen molar-refractivity contribution >= 4 is 10.0 Å². The summed E-state index contributed by atoms with van der Waals surface area (Å²) >= 11 is 0. The first-order chi connectivity index (χ1) is 6.20. The molecule has 0 atom stereocenters. The largest absolute Gasteiger partial charge is 0.317 e. The summed E-state index contributed by atoms with van der Waals surface area (Å²) in [5.41, 5.74) is 0. The van der Waals surface area contributed by atoms with Crippen LogP contribution in [-0.4, -0.2) is 37.6 Å². The zero-order chi connectivity index (χ0) is 9.31. The van der Waals surface area contributed by atoms with Gasteiger partial charge in [0, 0.05) is 12.2 Å². The van der Waals surface area contributed by atoms with Crippen LogP contribution >= 0.6 is 0 Å². The Hall–Kier alpha value is -0.550. The lowest BCUT2D eigenvalue weighted by atomic mass is 10.1. The standard InChI is InChI=1S/C8H14N2O2S/c11-13(12)7-1-6-10(13)8-2-4-9-5-3-8/h1,6,8-9H,2-5,7H2. The zero-order valence-electron chi connectivity index (χ0n) is 7.44. The number of rotatable bonds is 1. The SMILES string of the molecule is O=S1(=O)CC=CN1C1CCNCC1. The quantitative estimate of drug-likeness (QED) is 0.646. The maximum Gasteiger partial charge on any atom is 0.238 e. The van der Waals surface area contributed by atoms with E-state index >= 15 is 0 Å². The lowest BCUT2D eigenvalue weighted by Gasteiger charge is -2.30. The van der Waals surface area contributed by atoms with Crippen LogP contribution in [0.15, 0.2) is 12.3 Å². The van der Waals surface area contributed by atoms with Gasteiger partial charge in [0.05, 0.1) is 5.75 Å². The minimum atomic E-state index is -2.99. The third kappa shape index (κ3) is 1.71. The molecule has 0 bridgehead atoms. The van der Waals surface area contributed by atoms with Crippen LogP contribution in [0, 0.1) is 0 Å². The molecule has 0 amide bonds. The molecule has 0 saturated carbocycles. The van der Waals surface area contributed by atoms with E-state index in [1.807, 2.05) is 0 Å². The van der Waals surface area contributed by atoms with E-state index in [9.17, 15) is 8.42 Å². The number of hydrogen-bond acceptors (Lipinski definition) is 3. The van der Waals surface area contributed by atoms with Gasteiger partial charge in [-0.2, -0.15) is 0 Å².